The van der Waals surface area contributed by atoms with E-state index in [1.54, 1.807) is 24.3 Å². The number of carbonyl (C=O) groups is 1. The summed E-state index contributed by atoms with van der Waals surface area (Å²) in [7, 11) is -4.46. The Labute approximate surface area is 211 Å². The molecule has 1 aliphatic heterocycles. The highest BCUT2D eigenvalue weighted by Crippen LogP contribution is 2.34. The molecule has 9 nitrogen and oxygen atoms in total. The van der Waals surface area contributed by atoms with Crippen molar-refractivity contribution in [3.8, 4) is 11.3 Å². The van der Waals surface area contributed by atoms with E-state index < -0.39 is 32.6 Å². The molecule has 0 saturated carbocycles. The van der Waals surface area contributed by atoms with Crippen molar-refractivity contribution in [3.05, 3.63) is 71.5 Å². The molecule has 4 rings (SSSR count). The van der Waals surface area contributed by atoms with Gasteiger partial charge in [0.2, 0.25) is 10.0 Å². The Kier molecular flexibility index (Phi) is 7.76. The van der Waals surface area contributed by atoms with Crippen molar-refractivity contribution in [2.45, 2.75) is 36.5 Å². The molecular weight excluding hydrogens is 509 g/mol. The zero-order valence-corrected chi connectivity index (χ0v) is 20.4. The third kappa shape index (κ3) is 6.42. The Morgan fingerprint density at radius 1 is 1.16 bits per heavy atom. The number of nitrogens with one attached hydrogen (secondary N) is 3. The molecule has 1 fully saturated rings. The molecule has 13 heteroatoms. The Hall–Kier alpha value is -3.55. The molecule has 5 N–H and O–H groups in total. The average molecular weight is 535 g/mol. The van der Waals surface area contributed by atoms with Crippen molar-refractivity contribution in [1.82, 2.24) is 25.3 Å². The van der Waals surface area contributed by atoms with Crippen LogP contribution in [0.25, 0.3) is 11.3 Å². The van der Waals surface area contributed by atoms with Gasteiger partial charge in [-0.15, -0.1) is 0 Å². The number of amides is 1. The lowest BCUT2D eigenvalue weighted by atomic mass is 10.1. The molecule has 1 amide bonds. The predicted molar refractivity (Wildman–Crippen MR) is 131 cm³/mol. The summed E-state index contributed by atoms with van der Waals surface area (Å²) in [4.78, 5) is 20.3. The number of rotatable bonds is 7. The number of hydrogen-bond donors (Lipinski definition) is 4. The molecule has 0 radical (unpaired) electrons. The molecule has 2 heterocycles. The van der Waals surface area contributed by atoms with Crippen molar-refractivity contribution >= 4 is 21.7 Å². The molecule has 1 aromatic heterocycles. The van der Waals surface area contributed by atoms with E-state index in [9.17, 15) is 26.4 Å². The van der Waals surface area contributed by atoms with Gasteiger partial charge >= 0.3 is 6.18 Å². The second-order valence-electron chi connectivity index (χ2n) is 8.52. The van der Waals surface area contributed by atoms with Crippen molar-refractivity contribution in [2.24, 2.45) is 0 Å². The van der Waals surface area contributed by atoms with Gasteiger partial charge in [0.15, 0.2) is 11.5 Å². The van der Waals surface area contributed by atoms with E-state index in [1.807, 2.05) is 0 Å². The summed E-state index contributed by atoms with van der Waals surface area (Å²) in [6.45, 7) is 1.27. The lowest BCUT2D eigenvalue weighted by molar-refractivity contribution is -0.139. The number of alkyl halides is 3. The zero-order chi connectivity index (χ0) is 26.6. The quantitative estimate of drug-likeness (QED) is 0.366. The summed E-state index contributed by atoms with van der Waals surface area (Å²) >= 11 is 0. The normalized spacial score (nSPS) is 16.4. The lowest BCUT2D eigenvalue weighted by Gasteiger charge is -2.23. The highest BCUT2D eigenvalue weighted by Gasteiger charge is 2.36. The van der Waals surface area contributed by atoms with Gasteiger partial charge in [0.05, 0.1) is 22.3 Å². The van der Waals surface area contributed by atoms with Crippen LogP contribution in [-0.4, -0.2) is 43.4 Å². The van der Waals surface area contributed by atoms with Gasteiger partial charge in [-0.3, -0.25) is 4.79 Å². The van der Waals surface area contributed by atoms with Crippen LogP contribution in [0.1, 0.15) is 34.5 Å². The fourth-order valence-electron chi connectivity index (χ4n) is 3.97. The standard InChI is InChI=1S/C24H25F3N6O3S/c25-24(26,27)18-8-1-2-9-20(18)37(35,36)31-12-15-5-3-6-16(11-15)19-14-30-22(28)21(33-19)23(34)32-17-7-4-10-29-13-17/h1-3,5-6,8-9,11,14,17,29,31H,4,7,10,12-13H2,(H2,28,30)(H,32,34)/t17-/m0/s1. The van der Waals surface area contributed by atoms with E-state index in [0.29, 0.717) is 29.4 Å². The van der Waals surface area contributed by atoms with E-state index in [1.165, 1.54) is 12.3 Å². The fraction of sp³-hybridized carbons (Fsp3) is 0.292. The number of hydrogen-bond acceptors (Lipinski definition) is 7. The maximum absolute atomic E-state index is 13.3. The van der Waals surface area contributed by atoms with Crippen LogP contribution in [0.4, 0.5) is 19.0 Å². The van der Waals surface area contributed by atoms with Gasteiger partial charge in [-0.25, -0.2) is 23.1 Å². The van der Waals surface area contributed by atoms with E-state index in [2.05, 4.69) is 25.3 Å². The summed E-state index contributed by atoms with van der Waals surface area (Å²) in [6, 6.07) is 10.4. The van der Waals surface area contributed by atoms with Crippen LogP contribution in [0, 0.1) is 0 Å². The summed E-state index contributed by atoms with van der Waals surface area (Å²) in [6.07, 6.45) is -1.67. The van der Waals surface area contributed by atoms with E-state index in [-0.39, 0.29) is 24.1 Å². The molecule has 0 bridgehead atoms. The third-order valence-electron chi connectivity index (χ3n) is 5.82. The number of nitrogens with two attached hydrogens (primary N) is 1. The van der Waals surface area contributed by atoms with Crippen molar-refractivity contribution < 1.29 is 26.4 Å². The van der Waals surface area contributed by atoms with E-state index >= 15 is 0 Å². The average Bonchev–Trinajstić information content (AvgIpc) is 2.88. The Balaban J connectivity index is 1.52. The first-order chi connectivity index (χ1) is 17.5. The number of carbonyl (C=O) groups excluding carboxylic acids is 1. The van der Waals surface area contributed by atoms with E-state index in [4.69, 9.17) is 5.73 Å². The summed E-state index contributed by atoms with van der Waals surface area (Å²) in [5.41, 5.74) is 5.92. The largest absolute Gasteiger partial charge is 0.417 e. The smallest absolute Gasteiger partial charge is 0.382 e. The van der Waals surface area contributed by atoms with Crippen LogP contribution >= 0.6 is 0 Å². The SMILES string of the molecule is Nc1ncc(-c2cccc(CNS(=O)(=O)c3ccccc3C(F)(F)F)c2)nc1C(=O)N[C@H]1CCCNC1. The minimum Gasteiger partial charge on any atom is -0.382 e. The second kappa shape index (κ2) is 10.8. The number of anilines is 1. The van der Waals surface area contributed by atoms with Crippen LogP contribution in [0.2, 0.25) is 0 Å². The van der Waals surface area contributed by atoms with Crippen LogP contribution < -0.4 is 21.1 Å². The summed E-state index contributed by atoms with van der Waals surface area (Å²) in [5.74, 6) is -0.481. The van der Waals surface area contributed by atoms with Crippen LogP contribution in [0.15, 0.2) is 59.6 Å². The van der Waals surface area contributed by atoms with Crippen molar-refractivity contribution in [3.63, 3.8) is 0 Å². The van der Waals surface area contributed by atoms with Gasteiger partial charge < -0.3 is 16.4 Å². The summed E-state index contributed by atoms with van der Waals surface area (Å²) in [5, 5.41) is 6.10. The highest BCUT2D eigenvalue weighted by molar-refractivity contribution is 7.89. The zero-order valence-electron chi connectivity index (χ0n) is 19.5. The third-order valence-corrected chi connectivity index (χ3v) is 7.28. The number of benzene rings is 2. The number of piperidine rings is 1. The molecule has 196 valence electrons. The fourth-order valence-corrected chi connectivity index (χ4v) is 5.21. The molecule has 0 aliphatic carbocycles. The number of aromatic nitrogens is 2. The van der Waals surface area contributed by atoms with E-state index in [0.717, 1.165) is 31.5 Å². The number of nitrogens with zero attached hydrogens (tertiary/aromatic N) is 2. The van der Waals surface area contributed by atoms with Crippen LogP contribution in [0.3, 0.4) is 0 Å². The van der Waals surface area contributed by atoms with Crippen molar-refractivity contribution in [2.75, 3.05) is 18.8 Å². The maximum Gasteiger partial charge on any atom is 0.417 e. The molecular formula is C24H25F3N6O3S. The van der Waals surface area contributed by atoms with Gasteiger partial charge in [0, 0.05) is 24.7 Å². The van der Waals surface area contributed by atoms with Gasteiger partial charge in [0.25, 0.3) is 5.91 Å². The van der Waals surface area contributed by atoms with Gasteiger partial charge in [-0.05, 0) is 43.1 Å². The van der Waals surface area contributed by atoms with Gasteiger partial charge in [0.1, 0.15) is 0 Å². The minimum absolute atomic E-state index is 0.0297. The molecule has 0 unspecified atom stereocenters. The first-order valence-corrected chi connectivity index (χ1v) is 12.9. The van der Waals surface area contributed by atoms with Crippen molar-refractivity contribution in [1.29, 1.82) is 0 Å². The second-order valence-corrected chi connectivity index (χ2v) is 10.3. The molecule has 2 aromatic carbocycles. The first kappa shape index (κ1) is 26.5. The topological polar surface area (TPSA) is 139 Å². The summed E-state index contributed by atoms with van der Waals surface area (Å²) < 4.78 is 67.4. The molecule has 1 aliphatic rings. The number of halogens is 3. The Bertz CT molecular complexity index is 1390. The maximum atomic E-state index is 13.3. The lowest BCUT2D eigenvalue weighted by Crippen LogP contribution is -2.46. The van der Waals surface area contributed by atoms with Crippen LogP contribution in [0.5, 0.6) is 0 Å². The predicted octanol–water partition coefficient (Wildman–Crippen LogP) is 2.70. The first-order valence-electron chi connectivity index (χ1n) is 11.4. The molecule has 0 spiro atoms. The number of nitrogen functional groups attached to an aromatic ring is 1. The Morgan fingerprint density at radius 3 is 2.68 bits per heavy atom. The van der Waals surface area contributed by atoms with Gasteiger partial charge in [-0.2, -0.15) is 13.2 Å². The molecule has 37 heavy (non-hydrogen) atoms. The molecule has 1 atom stereocenters. The number of sulfonamides is 1. The molecule has 3 aromatic rings. The Morgan fingerprint density at radius 2 is 1.95 bits per heavy atom. The van der Waals surface area contributed by atoms with Gasteiger partial charge in [-0.1, -0.05) is 30.3 Å². The monoisotopic (exact) mass is 534 g/mol. The van der Waals surface area contributed by atoms with Crippen LogP contribution in [-0.2, 0) is 22.7 Å². The minimum atomic E-state index is -4.82. The molecule has 1 saturated heterocycles. The highest BCUT2D eigenvalue weighted by atomic mass is 32.2.